The molecule has 1 heterocycles. The highest BCUT2D eigenvalue weighted by Crippen LogP contribution is 2.32. The molecule has 0 aliphatic heterocycles. The van der Waals surface area contributed by atoms with Crippen molar-refractivity contribution in [3.05, 3.63) is 110 Å². The molecule has 198 valence electrons. The van der Waals surface area contributed by atoms with E-state index in [9.17, 15) is 19.7 Å². The van der Waals surface area contributed by atoms with Crippen molar-refractivity contribution in [2.45, 2.75) is 44.6 Å². The molecule has 1 fully saturated rings. The predicted octanol–water partition coefficient (Wildman–Crippen LogP) is 5.51. The first-order chi connectivity index (χ1) is 18.9. The molecular weight excluding hydrogens is 500 g/mol. The second kappa shape index (κ2) is 11.3. The van der Waals surface area contributed by atoms with Crippen molar-refractivity contribution >= 4 is 28.8 Å². The second-order valence-corrected chi connectivity index (χ2v) is 9.46. The minimum atomic E-state index is -1.07. The summed E-state index contributed by atoms with van der Waals surface area (Å²) in [6.07, 6.45) is 6.54. The molecule has 0 unspecified atom stereocenters. The van der Waals surface area contributed by atoms with E-state index in [1.165, 1.54) is 35.2 Å². The second-order valence-electron chi connectivity index (χ2n) is 9.46. The lowest BCUT2D eigenvalue weighted by Gasteiger charge is -2.22. The summed E-state index contributed by atoms with van der Waals surface area (Å²) in [7, 11) is 0. The average molecular weight is 527 g/mol. The molecule has 1 aliphatic carbocycles. The Labute approximate surface area is 223 Å². The standard InChI is InChI=1S/C29H26N4O6/c34-28-23-11-4-5-12-24(23)31-27(21-8-2-1-3-9-21)32(28)30-17-19-13-14-26(25(16-19)33(37)38)39-18-20-7-6-10-22(15-20)29(35)36/h4-7,10-17,21H,1-3,8-9,18H2,(H,35,36). The van der Waals surface area contributed by atoms with E-state index in [1.54, 1.807) is 30.3 Å². The van der Waals surface area contributed by atoms with Gasteiger partial charge in [-0.3, -0.25) is 14.9 Å². The van der Waals surface area contributed by atoms with E-state index in [0.29, 0.717) is 27.9 Å². The zero-order valence-corrected chi connectivity index (χ0v) is 21.0. The number of nitro benzene ring substituents is 1. The van der Waals surface area contributed by atoms with Crippen molar-refractivity contribution in [2.24, 2.45) is 5.10 Å². The van der Waals surface area contributed by atoms with Gasteiger partial charge in [0.05, 0.1) is 27.6 Å². The molecule has 1 aromatic heterocycles. The van der Waals surface area contributed by atoms with Crippen LogP contribution in [0.4, 0.5) is 5.69 Å². The molecule has 1 saturated carbocycles. The molecule has 39 heavy (non-hydrogen) atoms. The normalized spacial score (nSPS) is 14.1. The Morgan fingerprint density at radius 1 is 1.10 bits per heavy atom. The maximum absolute atomic E-state index is 13.4. The summed E-state index contributed by atoms with van der Waals surface area (Å²) in [5, 5.41) is 25.9. The van der Waals surface area contributed by atoms with Crippen molar-refractivity contribution in [2.75, 3.05) is 0 Å². The van der Waals surface area contributed by atoms with Gasteiger partial charge in [0.15, 0.2) is 5.75 Å². The highest BCUT2D eigenvalue weighted by atomic mass is 16.6. The highest BCUT2D eigenvalue weighted by molar-refractivity contribution is 5.87. The maximum atomic E-state index is 13.4. The third-order valence-corrected chi connectivity index (χ3v) is 6.82. The van der Waals surface area contributed by atoms with E-state index in [2.05, 4.69) is 5.10 Å². The molecule has 10 heteroatoms. The Morgan fingerprint density at radius 2 is 1.90 bits per heavy atom. The molecule has 0 radical (unpaired) electrons. The van der Waals surface area contributed by atoms with Crippen LogP contribution >= 0.6 is 0 Å². The fraction of sp³-hybridized carbons (Fsp3) is 0.241. The van der Waals surface area contributed by atoms with E-state index in [4.69, 9.17) is 14.8 Å². The Hall–Kier alpha value is -4.86. The van der Waals surface area contributed by atoms with E-state index >= 15 is 0 Å². The van der Waals surface area contributed by atoms with Crippen LogP contribution in [0.3, 0.4) is 0 Å². The van der Waals surface area contributed by atoms with Gasteiger partial charge in [-0.25, -0.2) is 9.78 Å². The average Bonchev–Trinajstić information content (AvgIpc) is 2.96. The van der Waals surface area contributed by atoms with Crippen LogP contribution in [-0.2, 0) is 6.61 Å². The van der Waals surface area contributed by atoms with E-state index < -0.39 is 10.9 Å². The zero-order chi connectivity index (χ0) is 27.4. The molecule has 10 nitrogen and oxygen atoms in total. The number of para-hydroxylation sites is 1. The number of aromatic carboxylic acids is 1. The van der Waals surface area contributed by atoms with Crippen LogP contribution in [0.25, 0.3) is 10.9 Å². The summed E-state index contributed by atoms with van der Waals surface area (Å²) in [5.41, 5.74) is 1.15. The first-order valence-corrected chi connectivity index (χ1v) is 12.7. The van der Waals surface area contributed by atoms with Crippen LogP contribution in [0.15, 0.2) is 76.6 Å². The lowest BCUT2D eigenvalue weighted by Crippen LogP contribution is -2.25. The fourth-order valence-electron chi connectivity index (χ4n) is 4.84. The van der Waals surface area contributed by atoms with Gasteiger partial charge < -0.3 is 9.84 Å². The summed E-state index contributed by atoms with van der Waals surface area (Å²) in [5.74, 6) is -0.324. The van der Waals surface area contributed by atoms with Crippen molar-refractivity contribution in [1.29, 1.82) is 0 Å². The van der Waals surface area contributed by atoms with Gasteiger partial charge in [-0.05, 0) is 54.8 Å². The fourth-order valence-corrected chi connectivity index (χ4v) is 4.84. The molecule has 3 aromatic carbocycles. The largest absolute Gasteiger partial charge is 0.482 e. The molecule has 0 bridgehead atoms. The molecule has 4 aromatic rings. The lowest BCUT2D eigenvalue weighted by atomic mass is 9.88. The van der Waals surface area contributed by atoms with Crippen molar-refractivity contribution < 1.29 is 19.6 Å². The maximum Gasteiger partial charge on any atom is 0.335 e. The number of carboxylic acids is 1. The monoisotopic (exact) mass is 526 g/mol. The SMILES string of the molecule is O=C(O)c1cccc(COc2ccc(C=Nn3c(C4CCCCC4)nc4ccccc4c3=O)cc2[N+](=O)[O-])c1. The van der Waals surface area contributed by atoms with Gasteiger partial charge in [-0.15, -0.1) is 0 Å². The third kappa shape index (κ3) is 5.69. The molecule has 1 N–H and O–H groups in total. The first-order valence-electron chi connectivity index (χ1n) is 12.7. The molecule has 5 rings (SSSR count). The zero-order valence-electron chi connectivity index (χ0n) is 21.0. The highest BCUT2D eigenvalue weighted by Gasteiger charge is 2.22. The van der Waals surface area contributed by atoms with Crippen LogP contribution in [0.2, 0.25) is 0 Å². The number of carbonyl (C=O) groups is 1. The molecule has 0 spiro atoms. The van der Waals surface area contributed by atoms with Crippen molar-refractivity contribution in [3.63, 3.8) is 0 Å². The molecule has 1 aliphatic rings. The van der Waals surface area contributed by atoms with E-state index in [0.717, 1.165) is 32.1 Å². The third-order valence-electron chi connectivity index (χ3n) is 6.82. The van der Waals surface area contributed by atoms with Gasteiger partial charge in [0.2, 0.25) is 0 Å². The number of carboxylic acid groups (broad SMARTS) is 1. The summed E-state index contributed by atoms with van der Waals surface area (Å²) >= 11 is 0. The molecule has 0 saturated heterocycles. The summed E-state index contributed by atoms with van der Waals surface area (Å²) in [6.45, 7) is -0.0434. The van der Waals surface area contributed by atoms with Crippen LogP contribution in [0.1, 0.15) is 65.3 Å². The summed E-state index contributed by atoms with van der Waals surface area (Å²) in [6, 6.07) is 17.7. The van der Waals surface area contributed by atoms with Gasteiger partial charge in [0, 0.05) is 17.5 Å². The summed E-state index contributed by atoms with van der Waals surface area (Å²) in [4.78, 5) is 40.6. The van der Waals surface area contributed by atoms with Gasteiger partial charge in [-0.1, -0.05) is 43.5 Å². The van der Waals surface area contributed by atoms with Crippen molar-refractivity contribution in [1.82, 2.24) is 9.66 Å². The number of hydrogen-bond donors (Lipinski definition) is 1. The summed E-state index contributed by atoms with van der Waals surface area (Å²) < 4.78 is 6.98. The number of aromatic nitrogens is 2. The minimum absolute atomic E-state index is 0.0327. The number of nitro groups is 1. The number of benzene rings is 3. The predicted molar refractivity (Wildman–Crippen MR) is 146 cm³/mol. The number of ether oxygens (including phenoxy) is 1. The van der Waals surface area contributed by atoms with Crippen LogP contribution in [-0.4, -0.2) is 31.9 Å². The van der Waals surface area contributed by atoms with Crippen molar-refractivity contribution in [3.8, 4) is 5.75 Å². The van der Waals surface area contributed by atoms with Crippen LogP contribution in [0, 0.1) is 10.1 Å². The Kier molecular flexibility index (Phi) is 7.44. The van der Waals surface area contributed by atoms with Gasteiger partial charge in [0.25, 0.3) is 5.56 Å². The number of fused-ring (bicyclic) bond motifs is 1. The number of nitrogens with zero attached hydrogens (tertiary/aromatic N) is 4. The first kappa shape index (κ1) is 25.8. The van der Waals surface area contributed by atoms with E-state index in [-0.39, 0.29) is 35.1 Å². The quantitative estimate of drug-likeness (QED) is 0.181. The van der Waals surface area contributed by atoms with Gasteiger partial charge >= 0.3 is 11.7 Å². The van der Waals surface area contributed by atoms with Crippen LogP contribution in [0.5, 0.6) is 5.75 Å². The molecular formula is C29H26N4O6. The number of rotatable bonds is 8. The smallest absolute Gasteiger partial charge is 0.335 e. The van der Waals surface area contributed by atoms with Crippen LogP contribution < -0.4 is 10.3 Å². The Balaban J connectivity index is 1.45. The topological polar surface area (TPSA) is 137 Å². The number of hydrogen-bond acceptors (Lipinski definition) is 7. The lowest BCUT2D eigenvalue weighted by molar-refractivity contribution is -0.385. The molecule has 0 amide bonds. The van der Waals surface area contributed by atoms with Gasteiger partial charge in [-0.2, -0.15) is 9.78 Å². The van der Waals surface area contributed by atoms with Gasteiger partial charge in [0.1, 0.15) is 12.4 Å². The van der Waals surface area contributed by atoms with E-state index in [1.807, 2.05) is 12.1 Å². The molecule has 0 atom stereocenters. The minimum Gasteiger partial charge on any atom is -0.482 e. The Morgan fingerprint density at radius 3 is 2.67 bits per heavy atom. The Bertz CT molecular complexity index is 1640.